The minimum absolute atomic E-state index is 0.0352. The number of pyridine rings is 2. The predicted octanol–water partition coefficient (Wildman–Crippen LogP) is 6.16. The summed E-state index contributed by atoms with van der Waals surface area (Å²) in [5, 5.41) is 1.46. The van der Waals surface area contributed by atoms with E-state index in [1.165, 1.54) is 18.3 Å². The van der Waals surface area contributed by atoms with Crippen LogP contribution in [0.2, 0.25) is 0 Å². The van der Waals surface area contributed by atoms with Gasteiger partial charge < -0.3 is 4.42 Å². The molecule has 0 unspecified atom stereocenters. The molecule has 0 spiro atoms. The first-order chi connectivity index (χ1) is 14.4. The van der Waals surface area contributed by atoms with Crippen LogP contribution in [-0.4, -0.2) is 9.97 Å². The van der Waals surface area contributed by atoms with Gasteiger partial charge in [0.15, 0.2) is 0 Å². The Morgan fingerprint density at radius 3 is 2.63 bits per heavy atom. The smallest absolute Gasteiger partial charge is 0.227 e. The first kappa shape index (κ1) is 12.8. The minimum Gasteiger partial charge on any atom is -0.437 e. The Labute approximate surface area is 159 Å². The van der Waals surface area contributed by atoms with Gasteiger partial charge in [-0.3, -0.25) is 4.98 Å². The molecule has 0 aliphatic heterocycles. The van der Waals surface area contributed by atoms with Crippen LogP contribution in [0.4, 0.5) is 4.39 Å². The molecule has 0 radical (unpaired) electrons. The molecule has 5 aromatic rings. The lowest BCUT2D eigenvalue weighted by Gasteiger charge is -2.06. The Bertz CT molecular complexity index is 1390. The van der Waals surface area contributed by atoms with Crippen LogP contribution in [0.1, 0.15) is 9.81 Å². The summed E-state index contributed by atoms with van der Waals surface area (Å²) in [6, 6.07) is 19.2. The minimum atomic E-state index is -2.33. The SMILES string of the molecule is [2H]C([2H])([2H])c1ccc2c(n1)oc1c(-c3cc(F)c(-c4ccccc4)cn3)cccc12. The topological polar surface area (TPSA) is 38.9 Å². The molecule has 0 atom stereocenters. The molecular weight excluding hydrogens is 339 g/mol. The molecule has 130 valence electrons. The number of aryl methyl sites for hydroxylation is 1. The second-order valence-electron chi connectivity index (χ2n) is 6.25. The van der Waals surface area contributed by atoms with Crippen molar-refractivity contribution in [2.75, 3.05) is 0 Å². The lowest BCUT2D eigenvalue weighted by Crippen LogP contribution is -1.90. The summed E-state index contributed by atoms with van der Waals surface area (Å²) < 4.78 is 43.4. The maximum absolute atomic E-state index is 14.9. The van der Waals surface area contributed by atoms with E-state index in [2.05, 4.69) is 9.97 Å². The Kier molecular flexibility index (Phi) is 2.85. The van der Waals surface area contributed by atoms with Gasteiger partial charge in [0.25, 0.3) is 0 Å². The highest BCUT2D eigenvalue weighted by Crippen LogP contribution is 2.35. The molecule has 3 aromatic heterocycles. The number of hydrogen-bond acceptors (Lipinski definition) is 3. The molecule has 4 heteroatoms. The lowest BCUT2D eigenvalue weighted by molar-refractivity contribution is 0.629. The van der Waals surface area contributed by atoms with Crippen LogP contribution < -0.4 is 0 Å². The average Bonchev–Trinajstić information content (AvgIpc) is 3.11. The molecular formula is C23H15FN2O. The van der Waals surface area contributed by atoms with Crippen molar-refractivity contribution in [1.82, 2.24) is 9.97 Å². The van der Waals surface area contributed by atoms with E-state index in [9.17, 15) is 4.39 Å². The molecule has 0 fully saturated rings. The number of para-hydroxylation sites is 1. The van der Waals surface area contributed by atoms with E-state index in [1.807, 2.05) is 42.5 Å². The largest absolute Gasteiger partial charge is 0.437 e. The molecule has 3 nitrogen and oxygen atoms in total. The van der Waals surface area contributed by atoms with Gasteiger partial charge in [-0.1, -0.05) is 42.5 Å². The summed E-state index contributed by atoms with van der Waals surface area (Å²) in [5.74, 6) is -0.387. The number of halogens is 1. The Morgan fingerprint density at radius 2 is 1.81 bits per heavy atom. The van der Waals surface area contributed by atoms with Crippen molar-refractivity contribution in [1.29, 1.82) is 0 Å². The first-order valence-electron chi connectivity index (χ1n) is 9.96. The fourth-order valence-corrected chi connectivity index (χ4v) is 3.29. The van der Waals surface area contributed by atoms with Gasteiger partial charge in [-0.2, -0.15) is 0 Å². The number of rotatable bonds is 2. The monoisotopic (exact) mass is 357 g/mol. The zero-order valence-electron chi connectivity index (χ0n) is 17.1. The third-order valence-electron chi connectivity index (χ3n) is 4.58. The fourth-order valence-electron chi connectivity index (χ4n) is 3.29. The second-order valence-corrected chi connectivity index (χ2v) is 6.25. The Morgan fingerprint density at radius 1 is 0.926 bits per heavy atom. The van der Waals surface area contributed by atoms with E-state index in [0.29, 0.717) is 27.8 Å². The molecule has 0 N–H and O–H groups in total. The van der Waals surface area contributed by atoms with E-state index < -0.39 is 6.85 Å². The maximum Gasteiger partial charge on any atom is 0.227 e. The van der Waals surface area contributed by atoms with Crippen molar-refractivity contribution in [2.45, 2.75) is 6.85 Å². The van der Waals surface area contributed by atoms with Gasteiger partial charge in [0.1, 0.15) is 11.4 Å². The van der Waals surface area contributed by atoms with E-state index in [1.54, 1.807) is 12.1 Å². The molecule has 5 rings (SSSR count). The molecule has 3 heterocycles. The van der Waals surface area contributed by atoms with Gasteiger partial charge in [-0.25, -0.2) is 9.37 Å². The average molecular weight is 357 g/mol. The number of fused-ring (bicyclic) bond motifs is 3. The summed E-state index contributed by atoms with van der Waals surface area (Å²) in [6.07, 6.45) is 1.51. The van der Waals surface area contributed by atoms with Gasteiger partial charge in [-0.15, -0.1) is 0 Å². The normalized spacial score (nSPS) is 13.4. The number of benzene rings is 2. The number of hydrogen-bond donors (Lipinski definition) is 0. The molecule has 0 saturated carbocycles. The first-order valence-corrected chi connectivity index (χ1v) is 8.46. The molecule has 0 aliphatic rings. The highest BCUT2D eigenvalue weighted by atomic mass is 19.1. The number of nitrogens with zero attached hydrogens (tertiary/aromatic N) is 2. The fraction of sp³-hybridized carbons (Fsp3) is 0.0435. The van der Waals surface area contributed by atoms with Crippen LogP contribution in [0.15, 0.2) is 77.3 Å². The Hall–Kier alpha value is -3.53. The van der Waals surface area contributed by atoms with Gasteiger partial charge >= 0.3 is 0 Å². The van der Waals surface area contributed by atoms with Gasteiger partial charge in [-0.05, 0) is 30.6 Å². The van der Waals surface area contributed by atoms with Crippen molar-refractivity contribution in [3.63, 3.8) is 0 Å². The molecule has 0 saturated heterocycles. The molecule has 27 heavy (non-hydrogen) atoms. The molecule has 0 aliphatic carbocycles. The third kappa shape index (κ3) is 2.57. The van der Waals surface area contributed by atoms with Crippen molar-refractivity contribution >= 4 is 22.1 Å². The lowest BCUT2D eigenvalue weighted by atomic mass is 10.0. The van der Waals surface area contributed by atoms with E-state index >= 15 is 0 Å². The van der Waals surface area contributed by atoms with Gasteiger partial charge in [0, 0.05) is 44.0 Å². The van der Waals surface area contributed by atoms with Crippen LogP contribution in [0.3, 0.4) is 0 Å². The van der Waals surface area contributed by atoms with Crippen molar-refractivity contribution < 1.29 is 12.9 Å². The van der Waals surface area contributed by atoms with Gasteiger partial charge in [0.05, 0.1) is 5.69 Å². The van der Waals surface area contributed by atoms with E-state index in [4.69, 9.17) is 8.53 Å². The summed E-state index contributed by atoms with van der Waals surface area (Å²) in [5.41, 5.74) is 2.88. The summed E-state index contributed by atoms with van der Waals surface area (Å²) in [4.78, 5) is 8.62. The quantitative estimate of drug-likeness (QED) is 0.380. The van der Waals surface area contributed by atoms with Crippen LogP contribution in [-0.2, 0) is 0 Å². The highest BCUT2D eigenvalue weighted by molar-refractivity contribution is 6.08. The molecule has 2 aromatic carbocycles. The van der Waals surface area contributed by atoms with Crippen molar-refractivity contribution in [2.24, 2.45) is 0 Å². The zero-order valence-corrected chi connectivity index (χ0v) is 14.1. The van der Waals surface area contributed by atoms with E-state index in [0.717, 1.165) is 10.9 Å². The van der Waals surface area contributed by atoms with Gasteiger partial charge in [0.2, 0.25) is 5.71 Å². The Balaban J connectivity index is 1.67. The zero-order chi connectivity index (χ0) is 20.9. The number of furan rings is 1. The second kappa shape index (κ2) is 6.02. The van der Waals surface area contributed by atoms with Crippen LogP contribution in [0.5, 0.6) is 0 Å². The molecule has 0 amide bonds. The summed E-state index contributed by atoms with van der Waals surface area (Å²) in [7, 11) is 0. The standard InChI is InChI=1S/C23H15FN2O/c1-14-10-11-17-16-8-5-9-18(22(16)27-23(17)26-14)21-12-20(24)19(13-25-21)15-6-3-2-4-7-15/h2-13H,1H3/i1D3. The van der Waals surface area contributed by atoms with Crippen LogP contribution >= 0.6 is 0 Å². The highest BCUT2D eigenvalue weighted by Gasteiger charge is 2.15. The van der Waals surface area contributed by atoms with Crippen molar-refractivity contribution in [3.8, 4) is 22.4 Å². The van der Waals surface area contributed by atoms with E-state index in [-0.39, 0.29) is 17.2 Å². The van der Waals surface area contributed by atoms with Crippen molar-refractivity contribution in [3.05, 3.63) is 84.4 Å². The molecule has 0 bridgehead atoms. The summed E-state index contributed by atoms with van der Waals surface area (Å²) >= 11 is 0. The number of aromatic nitrogens is 2. The predicted molar refractivity (Wildman–Crippen MR) is 105 cm³/mol. The van der Waals surface area contributed by atoms with Crippen LogP contribution in [0, 0.1) is 12.7 Å². The third-order valence-corrected chi connectivity index (χ3v) is 4.58. The maximum atomic E-state index is 14.9. The summed E-state index contributed by atoms with van der Waals surface area (Å²) in [6.45, 7) is -2.33. The van der Waals surface area contributed by atoms with Crippen LogP contribution in [0.25, 0.3) is 44.5 Å².